The average Bonchev–Trinajstić information content (AvgIpc) is 3.20. The third kappa shape index (κ3) is 6.89. The number of hydrogen-bond donors (Lipinski definition) is 0. The summed E-state index contributed by atoms with van der Waals surface area (Å²) in [5, 5.41) is 0.795. The van der Waals surface area contributed by atoms with Gasteiger partial charge in [-0.25, -0.2) is 9.37 Å². The molecule has 35 heavy (non-hydrogen) atoms. The zero-order chi connectivity index (χ0) is 24.7. The van der Waals surface area contributed by atoms with Crippen LogP contribution in [-0.2, 0) is 11.3 Å². The largest absolute Gasteiger partial charge is 0.477 e. The van der Waals surface area contributed by atoms with Crippen molar-refractivity contribution in [3.05, 3.63) is 63.8 Å². The van der Waals surface area contributed by atoms with E-state index in [1.54, 1.807) is 30.6 Å². The van der Waals surface area contributed by atoms with E-state index in [0.717, 1.165) is 45.2 Å². The maximum atomic E-state index is 14.8. The molecule has 0 spiro atoms. The van der Waals surface area contributed by atoms with Crippen molar-refractivity contribution in [2.45, 2.75) is 46.3 Å². The third-order valence-electron chi connectivity index (χ3n) is 5.59. The predicted molar refractivity (Wildman–Crippen MR) is 147 cm³/mol. The lowest BCUT2D eigenvalue weighted by atomic mass is 9.99. The normalized spacial score (nSPS) is 11.5. The van der Waals surface area contributed by atoms with Gasteiger partial charge in [0, 0.05) is 23.1 Å². The second kappa shape index (κ2) is 13.7. The summed E-state index contributed by atoms with van der Waals surface area (Å²) in [5.74, 6) is 3.17. The van der Waals surface area contributed by atoms with Crippen LogP contribution in [0.15, 0.2) is 36.4 Å². The zero-order valence-corrected chi connectivity index (χ0v) is 22.8. The number of terminal acetylenes is 1. The number of thiazole rings is 1. The molecule has 0 N–H and O–H groups in total. The smallest absolute Gasteiger partial charge is 0.187 e. The molecule has 0 saturated carbocycles. The first kappa shape index (κ1) is 28.9. The van der Waals surface area contributed by atoms with Gasteiger partial charge in [0.2, 0.25) is 0 Å². The van der Waals surface area contributed by atoms with Crippen LogP contribution in [-0.4, -0.2) is 24.7 Å². The molecule has 0 aliphatic carbocycles. The van der Waals surface area contributed by atoms with Gasteiger partial charge in [0.25, 0.3) is 0 Å². The Labute approximate surface area is 222 Å². The fourth-order valence-electron chi connectivity index (χ4n) is 4.00. The van der Waals surface area contributed by atoms with Gasteiger partial charge in [-0.3, -0.25) is 0 Å². The number of anilines is 1. The Balaban J connectivity index is 0.00000432. The number of nitrogens with zero attached hydrogens (tertiary/aromatic N) is 2. The number of hydrogen-bond acceptors (Lipinski definition) is 5. The van der Waals surface area contributed by atoms with Crippen molar-refractivity contribution in [3.63, 3.8) is 0 Å². The highest BCUT2D eigenvalue weighted by atomic mass is 35.5. The molecule has 1 atom stereocenters. The van der Waals surface area contributed by atoms with Crippen LogP contribution in [0.5, 0.6) is 5.75 Å². The van der Waals surface area contributed by atoms with Crippen molar-refractivity contribution in [2.24, 2.45) is 0 Å². The summed E-state index contributed by atoms with van der Waals surface area (Å²) >= 11 is 7.42. The first-order valence-corrected chi connectivity index (χ1v) is 12.5. The van der Waals surface area contributed by atoms with Gasteiger partial charge >= 0.3 is 0 Å². The van der Waals surface area contributed by atoms with E-state index in [1.807, 2.05) is 38.1 Å². The summed E-state index contributed by atoms with van der Waals surface area (Å²) in [6.45, 7) is 6.76. The highest BCUT2D eigenvalue weighted by molar-refractivity contribution is 7.16. The van der Waals surface area contributed by atoms with E-state index < -0.39 is 0 Å². The first-order valence-electron chi connectivity index (χ1n) is 11.2. The summed E-state index contributed by atoms with van der Waals surface area (Å²) in [4.78, 5) is 8.12. The highest BCUT2D eigenvalue weighted by Crippen LogP contribution is 2.40. The molecule has 1 aromatic heterocycles. The van der Waals surface area contributed by atoms with Crippen molar-refractivity contribution >= 4 is 40.5 Å². The molecule has 0 radical (unpaired) electrons. The third-order valence-corrected chi connectivity index (χ3v) is 6.71. The molecular weight excluding hydrogens is 506 g/mol. The summed E-state index contributed by atoms with van der Waals surface area (Å²) in [7, 11) is 1.56. The number of alkyl halides is 1. The summed E-state index contributed by atoms with van der Waals surface area (Å²) < 4.78 is 25.5. The molecular formula is C27H31Cl2FN2O2S. The number of benzene rings is 2. The van der Waals surface area contributed by atoms with Crippen molar-refractivity contribution in [3.8, 4) is 29.4 Å². The van der Waals surface area contributed by atoms with E-state index in [2.05, 4.69) is 17.7 Å². The second-order valence-corrected chi connectivity index (χ2v) is 9.47. The van der Waals surface area contributed by atoms with Gasteiger partial charge in [-0.15, -0.1) is 30.2 Å². The van der Waals surface area contributed by atoms with Crippen molar-refractivity contribution in [2.75, 3.05) is 24.6 Å². The Hall–Kier alpha value is -2.30. The van der Waals surface area contributed by atoms with Gasteiger partial charge in [-0.05, 0) is 44.0 Å². The lowest BCUT2D eigenvalue weighted by Crippen LogP contribution is -2.29. The van der Waals surface area contributed by atoms with Gasteiger partial charge in [-0.1, -0.05) is 54.6 Å². The predicted octanol–water partition coefficient (Wildman–Crippen LogP) is 7.69. The first-order chi connectivity index (χ1) is 16.4. The van der Waals surface area contributed by atoms with Gasteiger partial charge in [0.05, 0.1) is 24.9 Å². The molecule has 0 saturated heterocycles. The van der Waals surface area contributed by atoms with Crippen LogP contribution in [0, 0.1) is 32.0 Å². The molecule has 0 bridgehead atoms. The van der Waals surface area contributed by atoms with Crippen LogP contribution in [0.4, 0.5) is 9.52 Å². The van der Waals surface area contributed by atoms with Crippen LogP contribution < -0.4 is 9.64 Å². The van der Waals surface area contributed by atoms with E-state index in [0.29, 0.717) is 17.9 Å². The lowest BCUT2D eigenvalue weighted by molar-refractivity contribution is 0.181. The molecule has 4 nitrogen and oxygen atoms in total. The molecule has 0 unspecified atom stereocenters. The maximum absolute atomic E-state index is 14.8. The van der Waals surface area contributed by atoms with Gasteiger partial charge in [-0.2, -0.15) is 0 Å². The number of halogens is 3. The topological polar surface area (TPSA) is 34.6 Å². The van der Waals surface area contributed by atoms with Crippen LogP contribution in [0.2, 0.25) is 0 Å². The van der Waals surface area contributed by atoms with Crippen LogP contribution in [0.1, 0.15) is 47.4 Å². The highest BCUT2D eigenvalue weighted by Gasteiger charge is 2.25. The van der Waals surface area contributed by atoms with E-state index in [-0.39, 0.29) is 36.9 Å². The Morgan fingerprint density at radius 2 is 2.00 bits per heavy atom. The summed E-state index contributed by atoms with van der Waals surface area (Å²) in [5.41, 5.74) is 4.22. The minimum atomic E-state index is -0.278. The number of rotatable bonds is 11. The van der Waals surface area contributed by atoms with Gasteiger partial charge in [0.1, 0.15) is 11.6 Å². The standard InChI is InChI=1S/C27H30ClFN2O2S.ClH/c1-6-8-24(20-10-11-21(16-32-5)23(29)15-20)31(13-7-2)27-30-26(19(4)34-27)22-14-18(3)9-12-25(22)33-17-28;/h2,9-12,14-15,24H,6,8,13,16-17H2,1,3-5H3;1H/t24-;/m0./s1. The minimum absolute atomic E-state index is 0. The van der Waals surface area contributed by atoms with Crippen molar-refractivity contribution in [1.82, 2.24) is 4.98 Å². The number of ether oxygens (including phenoxy) is 2. The van der Waals surface area contributed by atoms with E-state index >= 15 is 0 Å². The Bertz CT molecular complexity index is 1160. The van der Waals surface area contributed by atoms with E-state index in [9.17, 15) is 4.39 Å². The number of methoxy groups -OCH3 is 1. The Morgan fingerprint density at radius 3 is 2.63 bits per heavy atom. The molecule has 2 aromatic carbocycles. The number of aryl methyl sites for hydroxylation is 2. The molecule has 0 fully saturated rings. The molecule has 0 aliphatic rings. The van der Waals surface area contributed by atoms with Crippen LogP contribution in [0.25, 0.3) is 11.3 Å². The minimum Gasteiger partial charge on any atom is -0.477 e. The van der Waals surface area contributed by atoms with Crippen LogP contribution in [0.3, 0.4) is 0 Å². The molecule has 3 aromatic rings. The van der Waals surface area contributed by atoms with E-state index in [4.69, 9.17) is 32.5 Å². The number of aromatic nitrogens is 1. The van der Waals surface area contributed by atoms with Crippen molar-refractivity contribution in [1.29, 1.82) is 0 Å². The van der Waals surface area contributed by atoms with Crippen molar-refractivity contribution < 1.29 is 13.9 Å². The SMILES string of the molecule is C#CCN(c1nc(-c2cc(C)ccc2OCCl)c(C)s1)[C@@H](CCC)c1ccc(COC)c(F)c1.Cl. The quantitative estimate of drug-likeness (QED) is 0.186. The van der Waals surface area contributed by atoms with E-state index in [1.165, 1.54) is 0 Å². The Morgan fingerprint density at radius 1 is 1.23 bits per heavy atom. The van der Waals surface area contributed by atoms with Crippen LogP contribution >= 0.6 is 35.3 Å². The summed E-state index contributed by atoms with van der Waals surface area (Å²) in [6, 6.07) is 11.2. The monoisotopic (exact) mass is 536 g/mol. The molecule has 8 heteroatoms. The van der Waals surface area contributed by atoms with Gasteiger partial charge < -0.3 is 14.4 Å². The molecule has 0 aliphatic heterocycles. The zero-order valence-electron chi connectivity index (χ0n) is 20.4. The molecule has 1 heterocycles. The fraction of sp³-hybridized carbons (Fsp3) is 0.370. The Kier molecular flexibility index (Phi) is 11.3. The fourth-order valence-corrected chi connectivity index (χ4v) is 5.09. The second-order valence-electron chi connectivity index (χ2n) is 8.07. The molecule has 188 valence electrons. The lowest BCUT2D eigenvalue weighted by Gasteiger charge is -2.30. The molecule has 0 amide bonds. The maximum Gasteiger partial charge on any atom is 0.187 e. The average molecular weight is 538 g/mol. The van der Waals surface area contributed by atoms with Gasteiger partial charge in [0.15, 0.2) is 11.2 Å². The summed E-state index contributed by atoms with van der Waals surface area (Å²) in [6.07, 6.45) is 7.49. The molecule has 3 rings (SSSR count).